The number of benzene rings is 1. The lowest BCUT2D eigenvalue weighted by Crippen LogP contribution is -2.56. The number of amides is 1. The van der Waals surface area contributed by atoms with Crippen molar-refractivity contribution < 1.29 is 4.79 Å². The monoisotopic (exact) mass is 335 g/mol. The molecule has 2 fully saturated rings. The zero-order chi connectivity index (χ0) is 17.3. The number of para-hydroxylation sites is 1. The van der Waals surface area contributed by atoms with Gasteiger partial charge in [-0.1, -0.05) is 24.3 Å². The summed E-state index contributed by atoms with van der Waals surface area (Å²) in [5.41, 5.74) is 1.67. The van der Waals surface area contributed by atoms with Crippen LogP contribution in [0.1, 0.15) is 36.0 Å². The van der Waals surface area contributed by atoms with Gasteiger partial charge in [0.05, 0.1) is 11.1 Å². The lowest BCUT2D eigenvalue weighted by atomic mass is 9.86. The van der Waals surface area contributed by atoms with Crippen LogP contribution in [0, 0.1) is 0 Å². The summed E-state index contributed by atoms with van der Waals surface area (Å²) in [6.07, 6.45) is 8.39. The SMILES string of the molecule is C=CCN1CCCC12CCCN(C(=O)c1cccc3cccnc13)C2. The van der Waals surface area contributed by atoms with Crippen molar-refractivity contribution in [1.82, 2.24) is 14.8 Å². The largest absolute Gasteiger partial charge is 0.337 e. The van der Waals surface area contributed by atoms with Crippen LogP contribution in [0.25, 0.3) is 10.9 Å². The standard InChI is InChI=1S/C21H25N3O/c1-2-13-24-15-6-11-21(24)10-5-14-23(16-21)20(25)18-9-3-7-17-8-4-12-22-19(17)18/h2-4,7-9,12H,1,5-6,10-11,13-16H2. The van der Waals surface area contributed by atoms with Gasteiger partial charge in [-0.2, -0.15) is 0 Å². The van der Waals surface area contributed by atoms with Gasteiger partial charge in [-0.3, -0.25) is 14.7 Å². The molecule has 2 saturated heterocycles. The zero-order valence-electron chi connectivity index (χ0n) is 14.7. The number of carbonyl (C=O) groups excluding carboxylic acids is 1. The second-order valence-electron chi connectivity index (χ2n) is 7.27. The average Bonchev–Trinajstić information content (AvgIpc) is 3.02. The third-order valence-corrected chi connectivity index (χ3v) is 5.80. The summed E-state index contributed by atoms with van der Waals surface area (Å²) in [5, 5.41) is 1.02. The van der Waals surface area contributed by atoms with Crippen molar-refractivity contribution in [2.24, 2.45) is 0 Å². The fraction of sp³-hybridized carbons (Fsp3) is 0.429. The van der Waals surface area contributed by atoms with E-state index in [0.717, 1.165) is 49.1 Å². The van der Waals surface area contributed by atoms with Gasteiger partial charge in [-0.05, 0) is 44.4 Å². The molecule has 4 rings (SSSR count). The molecule has 2 aliphatic rings. The Morgan fingerprint density at radius 3 is 2.84 bits per heavy atom. The number of hydrogen-bond donors (Lipinski definition) is 0. The Labute approximate surface area is 149 Å². The van der Waals surface area contributed by atoms with Crippen LogP contribution < -0.4 is 0 Å². The molecule has 0 radical (unpaired) electrons. The van der Waals surface area contributed by atoms with Gasteiger partial charge in [0.1, 0.15) is 0 Å². The summed E-state index contributed by atoms with van der Waals surface area (Å²) in [5.74, 6) is 0.119. The van der Waals surface area contributed by atoms with Gasteiger partial charge in [-0.15, -0.1) is 6.58 Å². The molecule has 0 N–H and O–H groups in total. The van der Waals surface area contributed by atoms with Crippen molar-refractivity contribution in [3.63, 3.8) is 0 Å². The molecule has 1 atom stereocenters. The number of aromatic nitrogens is 1. The highest BCUT2D eigenvalue weighted by molar-refractivity contribution is 6.05. The number of pyridine rings is 1. The molecule has 25 heavy (non-hydrogen) atoms. The fourth-order valence-electron chi connectivity index (χ4n) is 4.63. The second kappa shape index (κ2) is 6.60. The maximum Gasteiger partial charge on any atom is 0.256 e. The Kier molecular flexibility index (Phi) is 4.30. The lowest BCUT2D eigenvalue weighted by molar-refractivity contribution is 0.0368. The number of nitrogens with zero attached hydrogens (tertiary/aromatic N) is 3. The molecule has 0 saturated carbocycles. The van der Waals surface area contributed by atoms with Gasteiger partial charge in [0, 0.05) is 36.8 Å². The van der Waals surface area contributed by atoms with E-state index in [2.05, 4.69) is 16.5 Å². The van der Waals surface area contributed by atoms with E-state index >= 15 is 0 Å². The quantitative estimate of drug-likeness (QED) is 0.806. The van der Waals surface area contributed by atoms with E-state index in [9.17, 15) is 4.79 Å². The second-order valence-corrected chi connectivity index (χ2v) is 7.27. The first-order valence-corrected chi connectivity index (χ1v) is 9.22. The van der Waals surface area contributed by atoms with Crippen molar-refractivity contribution in [3.8, 4) is 0 Å². The zero-order valence-corrected chi connectivity index (χ0v) is 14.7. The van der Waals surface area contributed by atoms with Gasteiger partial charge in [0.2, 0.25) is 0 Å². The molecule has 2 aromatic rings. The molecule has 2 aliphatic heterocycles. The van der Waals surface area contributed by atoms with E-state index < -0.39 is 0 Å². The predicted molar refractivity (Wildman–Crippen MR) is 101 cm³/mol. The number of hydrogen-bond acceptors (Lipinski definition) is 3. The minimum Gasteiger partial charge on any atom is -0.337 e. The molecule has 4 heteroatoms. The van der Waals surface area contributed by atoms with Gasteiger partial charge < -0.3 is 4.90 Å². The molecular formula is C21H25N3O. The Hall–Kier alpha value is -2.20. The maximum absolute atomic E-state index is 13.3. The summed E-state index contributed by atoms with van der Waals surface area (Å²) >= 11 is 0. The number of piperidine rings is 1. The van der Waals surface area contributed by atoms with Crippen molar-refractivity contribution in [2.45, 2.75) is 31.2 Å². The average molecular weight is 335 g/mol. The highest BCUT2D eigenvalue weighted by atomic mass is 16.2. The molecule has 3 heterocycles. The van der Waals surface area contributed by atoms with Crippen LogP contribution in [0.15, 0.2) is 49.2 Å². The lowest BCUT2D eigenvalue weighted by Gasteiger charge is -2.46. The van der Waals surface area contributed by atoms with Gasteiger partial charge in [-0.25, -0.2) is 0 Å². The highest BCUT2D eigenvalue weighted by Crippen LogP contribution is 2.37. The molecule has 1 spiro atoms. The first-order chi connectivity index (χ1) is 12.2. The van der Waals surface area contributed by atoms with E-state index in [0.29, 0.717) is 0 Å². The Bertz CT molecular complexity index is 797. The molecular weight excluding hydrogens is 310 g/mol. The van der Waals surface area contributed by atoms with Crippen LogP contribution in [-0.4, -0.2) is 52.4 Å². The third-order valence-electron chi connectivity index (χ3n) is 5.80. The Balaban J connectivity index is 1.63. The molecule has 1 aromatic heterocycles. The summed E-state index contributed by atoms with van der Waals surface area (Å²) in [7, 11) is 0. The molecule has 1 unspecified atom stereocenters. The molecule has 0 bridgehead atoms. The highest BCUT2D eigenvalue weighted by Gasteiger charge is 2.44. The van der Waals surface area contributed by atoms with Crippen molar-refractivity contribution >= 4 is 16.8 Å². The molecule has 0 aliphatic carbocycles. The molecule has 1 amide bonds. The summed E-state index contributed by atoms with van der Waals surface area (Å²) in [6.45, 7) is 7.60. The summed E-state index contributed by atoms with van der Waals surface area (Å²) < 4.78 is 0. The van der Waals surface area contributed by atoms with Gasteiger partial charge in [0.25, 0.3) is 5.91 Å². The fourth-order valence-corrected chi connectivity index (χ4v) is 4.63. The van der Waals surface area contributed by atoms with Crippen molar-refractivity contribution in [3.05, 3.63) is 54.7 Å². The predicted octanol–water partition coefficient (Wildman–Crippen LogP) is 3.49. The van der Waals surface area contributed by atoms with E-state index in [1.54, 1.807) is 6.20 Å². The Morgan fingerprint density at radius 2 is 2.00 bits per heavy atom. The molecule has 130 valence electrons. The maximum atomic E-state index is 13.3. The number of fused-ring (bicyclic) bond motifs is 1. The third kappa shape index (κ3) is 2.85. The van der Waals surface area contributed by atoms with Crippen molar-refractivity contribution in [2.75, 3.05) is 26.2 Å². The van der Waals surface area contributed by atoms with E-state index in [-0.39, 0.29) is 11.4 Å². The van der Waals surface area contributed by atoms with Crippen LogP contribution in [0.5, 0.6) is 0 Å². The first-order valence-electron chi connectivity index (χ1n) is 9.22. The van der Waals surface area contributed by atoms with Gasteiger partial charge >= 0.3 is 0 Å². The van der Waals surface area contributed by atoms with Crippen molar-refractivity contribution in [1.29, 1.82) is 0 Å². The number of likely N-dealkylation sites (tertiary alicyclic amines) is 2. The number of rotatable bonds is 3. The van der Waals surface area contributed by atoms with Gasteiger partial charge in [0.15, 0.2) is 0 Å². The smallest absolute Gasteiger partial charge is 0.256 e. The molecule has 4 nitrogen and oxygen atoms in total. The van der Waals surface area contributed by atoms with Crippen LogP contribution in [0.3, 0.4) is 0 Å². The van der Waals surface area contributed by atoms with E-state index in [1.165, 1.54) is 19.3 Å². The normalized spacial score (nSPS) is 24.1. The van der Waals surface area contributed by atoms with Crippen LogP contribution in [0.2, 0.25) is 0 Å². The van der Waals surface area contributed by atoms with E-state index in [1.807, 2.05) is 41.3 Å². The number of carbonyl (C=O) groups is 1. The summed E-state index contributed by atoms with van der Waals surface area (Å²) in [4.78, 5) is 22.3. The van der Waals surface area contributed by atoms with Crippen LogP contribution >= 0.6 is 0 Å². The Morgan fingerprint density at radius 1 is 1.20 bits per heavy atom. The molecule has 1 aromatic carbocycles. The van der Waals surface area contributed by atoms with Crippen LogP contribution in [0.4, 0.5) is 0 Å². The van der Waals surface area contributed by atoms with E-state index in [4.69, 9.17) is 0 Å². The minimum atomic E-state index is 0.119. The topological polar surface area (TPSA) is 36.4 Å². The summed E-state index contributed by atoms with van der Waals surface area (Å²) in [6, 6.07) is 9.81. The van der Waals surface area contributed by atoms with Crippen LogP contribution in [-0.2, 0) is 0 Å². The minimum absolute atomic E-state index is 0.119. The first kappa shape index (κ1) is 16.3.